The standard InChI is InChI=1S/C16H18Cl2N4O/c1-10-4-6-19-9-15(10)20-16(23)14-5-7-22(21-14)11-2-3-12(17)13(18)8-11/h2-3,5,7-8,10,15,19H,4,6,9H2,1H3,(H,20,23). The fourth-order valence-corrected chi connectivity index (χ4v) is 2.93. The van der Waals surface area contributed by atoms with Crippen LogP contribution < -0.4 is 10.6 Å². The van der Waals surface area contributed by atoms with Crippen molar-refractivity contribution < 1.29 is 4.79 Å². The quantitative estimate of drug-likeness (QED) is 0.892. The molecule has 1 aliphatic heterocycles. The zero-order valence-corrected chi connectivity index (χ0v) is 14.2. The molecule has 2 heterocycles. The molecule has 2 N–H and O–H groups in total. The molecule has 1 aromatic heterocycles. The maximum absolute atomic E-state index is 12.4. The molecule has 2 unspecified atom stereocenters. The average Bonchev–Trinajstić information content (AvgIpc) is 3.02. The highest BCUT2D eigenvalue weighted by molar-refractivity contribution is 6.42. The Bertz CT molecular complexity index is 716. The number of carbonyl (C=O) groups excluding carboxylic acids is 1. The van der Waals surface area contributed by atoms with E-state index in [4.69, 9.17) is 23.2 Å². The summed E-state index contributed by atoms with van der Waals surface area (Å²) in [5, 5.41) is 11.6. The lowest BCUT2D eigenvalue weighted by Gasteiger charge is -2.29. The minimum atomic E-state index is -0.163. The molecule has 3 rings (SSSR count). The van der Waals surface area contributed by atoms with Crippen LogP contribution in [-0.2, 0) is 0 Å². The van der Waals surface area contributed by atoms with Gasteiger partial charge in [-0.05, 0) is 43.1 Å². The van der Waals surface area contributed by atoms with Gasteiger partial charge in [-0.3, -0.25) is 4.79 Å². The second-order valence-corrected chi connectivity index (χ2v) is 6.61. The molecular weight excluding hydrogens is 335 g/mol. The number of carbonyl (C=O) groups is 1. The van der Waals surface area contributed by atoms with Crippen LogP contribution in [0.5, 0.6) is 0 Å². The van der Waals surface area contributed by atoms with E-state index in [0.29, 0.717) is 21.7 Å². The minimum absolute atomic E-state index is 0.131. The molecular formula is C16H18Cl2N4O. The van der Waals surface area contributed by atoms with E-state index in [2.05, 4.69) is 22.7 Å². The smallest absolute Gasteiger partial charge is 0.272 e. The molecule has 2 atom stereocenters. The van der Waals surface area contributed by atoms with Gasteiger partial charge in [-0.25, -0.2) is 4.68 Å². The van der Waals surface area contributed by atoms with Gasteiger partial charge in [-0.2, -0.15) is 5.10 Å². The Kier molecular flexibility index (Phi) is 4.90. The van der Waals surface area contributed by atoms with Crippen LogP contribution in [0.2, 0.25) is 10.0 Å². The summed E-state index contributed by atoms with van der Waals surface area (Å²) < 4.78 is 1.61. The van der Waals surface area contributed by atoms with Crippen LogP contribution in [-0.4, -0.2) is 34.8 Å². The average molecular weight is 353 g/mol. The van der Waals surface area contributed by atoms with Crippen molar-refractivity contribution in [2.24, 2.45) is 5.92 Å². The fourth-order valence-electron chi connectivity index (χ4n) is 2.64. The van der Waals surface area contributed by atoms with E-state index in [1.54, 1.807) is 35.1 Å². The van der Waals surface area contributed by atoms with Gasteiger partial charge in [0.1, 0.15) is 0 Å². The molecule has 0 spiro atoms. The molecule has 122 valence electrons. The number of benzene rings is 1. The van der Waals surface area contributed by atoms with Gasteiger partial charge in [0.15, 0.2) is 5.69 Å². The van der Waals surface area contributed by atoms with Gasteiger partial charge in [0.05, 0.1) is 15.7 Å². The number of nitrogens with one attached hydrogen (secondary N) is 2. The van der Waals surface area contributed by atoms with Crippen LogP contribution in [0.15, 0.2) is 30.5 Å². The van der Waals surface area contributed by atoms with Gasteiger partial charge >= 0.3 is 0 Å². The van der Waals surface area contributed by atoms with Gasteiger partial charge in [-0.1, -0.05) is 30.1 Å². The Balaban J connectivity index is 1.73. The van der Waals surface area contributed by atoms with Gasteiger partial charge in [0, 0.05) is 18.8 Å². The summed E-state index contributed by atoms with van der Waals surface area (Å²) in [4.78, 5) is 12.4. The Morgan fingerprint density at radius 1 is 1.35 bits per heavy atom. The number of halogens is 2. The largest absolute Gasteiger partial charge is 0.346 e. The third kappa shape index (κ3) is 3.68. The number of rotatable bonds is 3. The number of piperidine rings is 1. The van der Waals surface area contributed by atoms with Crippen LogP contribution in [0.25, 0.3) is 5.69 Å². The zero-order chi connectivity index (χ0) is 16.4. The molecule has 1 aromatic carbocycles. The molecule has 0 saturated carbocycles. The van der Waals surface area contributed by atoms with Gasteiger partial charge < -0.3 is 10.6 Å². The Morgan fingerprint density at radius 2 is 2.17 bits per heavy atom. The molecule has 2 aromatic rings. The highest BCUT2D eigenvalue weighted by Crippen LogP contribution is 2.24. The maximum Gasteiger partial charge on any atom is 0.272 e. The number of hydrogen-bond donors (Lipinski definition) is 2. The lowest BCUT2D eigenvalue weighted by Crippen LogP contribution is -2.50. The van der Waals surface area contributed by atoms with Crippen molar-refractivity contribution in [3.8, 4) is 5.69 Å². The molecule has 1 amide bonds. The zero-order valence-electron chi connectivity index (χ0n) is 12.7. The molecule has 0 radical (unpaired) electrons. The minimum Gasteiger partial charge on any atom is -0.346 e. The molecule has 7 heteroatoms. The normalized spacial score (nSPS) is 21.2. The molecule has 1 fully saturated rings. The topological polar surface area (TPSA) is 58.9 Å². The highest BCUT2D eigenvalue weighted by Gasteiger charge is 2.23. The fraction of sp³-hybridized carbons (Fsp3) is 0.375. The number of nitrogens with zero attached hydrogens (tertiary/aromatic N) is 2. The first-order chi connectivity index (χ1) is 11.0. The van der Waals surface area contributed by atoms with Crippen molar-refractivity contribution in [2.45, 2.75) is 19.4 Å². The summed E-state index contributed by atoms with van der Waals surface area (Å²) in [5.41, 5.74) is 1.14. The van der Waals surface area contributed by atoms with E-state index in [9.17, 15) is 4.79 Å². The molecule has 5 nitrogen and oxygen atoms in total. The van der Waals surface area contributed by atoms with Crippen LogP contribution >= 0.6 is 23.2 Å². The SMILES string of the molecule is CC1CCNCC1NC(=O)c1ccn(-c2ccc(Cl)c(Cl)c2)n1. The lowest BCUT2D eigenvalue weighted by atomic mass is 9.95. The van der Waals surface area contributed by atoms with Gasteiger partial charge in [-0.15, -0.1) is 0 Å². The van der Waals surface area contributed by atoms with Crippen LogP contribution in [0.3, 0.4) is 0 Å². The summed E-state index contributed by atoms with van der Waals surface area (Å²) in [5.74, 6) is 0.293. The first kappa shape index (κ1) is 16.3. The lowest BCUT2D eigenvalue weighted by molar-refractivity contribution is 0.0909. The third-order valence-corrected chi connectivity index (χ3v) is 4.87. The third-order valence-electron chi connectivity index (χ3n) is 4.13. The van der Waals surface area contributed by atoms with Gasteiger partial charge in [0.25, 0.3) is 5.91 Å². The molecule has 1 saturated heterocycles. The van der Waals surface area contributed by atoms with Crippen molar-refractivity contribution in [1.29, 1.82) is 0 Å². The van der Waals surface area contributed by atoms with Crippen molar-refractivity contribution >= 4 is 29.1 Å². The molecule has 0 aliphatic carbocycles. The predicted molar refractivity (Wildman–Crippen MR) is 91.5 cm³/mol. The van der Waals surface area contributed by atoms with Crippen molar-refractivity contribution in [2.75, 3.05) is 13.1 Å². The molecule has 0 bridgehead atoms. The van der Waals surface area contributed by atoms with Crippen molar-refractivity contribution in [1.82, 2.24) is 20.4 Å². The summed E-state index contributed by atoms with van der Waals surface area (Å²) in [6.07, 6.45) is 2.79. The number of aromatic nitrogens is 2. The van der Waals surface area contributed by atoms with Crippen molar-refractivity contribution in [3.63, 3.8) is 0 Å². The number of amides is 1. The van der Waals surface area contributed by atoms with E-state index in [-0.39, 0.29) is 11.9 Å². The summed E-state index contributed by atoms with van der Waals surface area (Å²) in [6.45, 7) is 3.94. The monoisotopic (exact) mass is 352 g/mol. The Hall–Kier alpha value is -1.56. The predicted octanol–water partition coefficient (Wildman–Crippen LogP) is 2.91. The maximum atomic E-state index is 12.4. The summed E-state index contributed by atoms with van der Waals surface area (Å²) in [6, 6.07) is 7.04. The van der Waals surface area contributed by atoms with E-state index in [0.717, 1.165) is 25.2 Å². The second kappa shape index (κ2) is 6.91. The van der Waals surface area contributed by atoms with Crippen molar-refractivity contribution in [3.05, 3.63) is 46.2 Å². The first-order valence-corrected chi connectivity index (χ1v) is 8.33. The number of hydrogen-bond acceptors (Lipinski definition) is 3. The Morgan fingerprint density at radius 3 is 2.91 bits per heavy atom. The van der Waals surface area contributed by atoms with Gasteiger partial charge in [0.2, 0.25) is 0 Å². The van der Waals surface area contributed by atoms with Crippen LogP contribution in [0.1, 0.15) is 23.8 Å². The van der Waals surface area contributed by atoms with Crippen LogP contribution in [0, 0.1) is 5.92 Å². The highest BCUT2D eigenvalue weighted by atomic mass is 35.5. The first-order valence-electron chi connectivity index (χ1n) is 7.57. The van der Waals surface area contributed by atoms with E-state index >= 15 is 0 Å². The van der Waals surface area contributed by atoms with E-state index in [1.165, 1.54) is 0 Å². The Labute approximate surface area is 145 Å². The second-order valence-electron chi connectivity index (χ2n) is 5.79. The summed E-state index contributed by atoms with van der Waals surface area (Å²) >= 11 is 11.9. The summed E-state index contributed by atoms with van der Waals surface area (Å²) in [7, 11) is 0. The molecule has 1 aliphatic rings. The molecule has 23 heavy (non-hydrogen) atoms. The van der Waals surface area contributed by atoms with E-state index in [1.807, 2.05) is 0 Å². The van der Waals surface area contributed by atoms with Crippen LogP contribution in [0.4, 0.5) is 0 Å². The van der Waals surface area contributed by atoms with E-state index < -0.39 is 0 Å².